The largest absolute Gasteiger partial charge is 0.459 e. The molecule has 0 N–H and O–H groups in total. The van der Waals surface area contributed by atoms with Gasteiger partial charge < -0.3 is 4.74 Å². The third-order valence-corrected chi connectivity index (χ3v) is 8.96. The highest BCUT2D eigenvalue weighted by atomic mass is 32.2. The summed E-state index contributed by atoms with van der Waals surface area (Å²) in [6, 6.07) is 13.9. The maximum absolute atomic E-state index is 13.9. The predicted octanol–water partition coefficient (Wildman–Crippen LogP) is 5.01. The van der Waals surface area contributed by atoms with Crippen molar-refractivity contribution in [2.45, 2.75) is 51.2 Å². The molecule has 170 valence electrons. The summed E-state index contributed by atoms with van der Waals surface area (Å²) in [5.74, 6) is 0.0898. The second kappa shape index (κ2) is 8.04. The number of nitrogens with zero attached hydrogens (tertiary/aromatic N) is 1. The zero-order chi connectivity index (χ0) is 23.3. The van der Waals surface area contributed by atoms with E-state index in [-0.39, 0.29) is 17.4 Å². The molecule has 4 rings (SSSR count). The Bertz CT molecular complexity index is 1180. The molecular weight excluding hydrogens is 442 g/mol. The van der Waals surface area contributed by atoms with Crippen molar-refractivity contribution < 1.29 is 17.9 Å². The number of carbonyl (C=O) groups excluding carboxylic acids is 1. The fourth-order valence-corrected chi connectivity index (χ4v) is 7.39. The second-order valence-electron chi connectivity index (χ2n) is 9.55. The van der Waals surface area contributed by atoms with Crippen molar-refractivity contribution >= 4 is 27.8 Å². The topological polar surface area (TPSA) is 63.7 Å². The first-order chi connectivity index (χ1) is 15.0. The second-order valence-corrected chi connectivity index (χ2v) is 12.3. The van der Waals surface area contributed by atoms with Crippen LogP contribution in [0.4, 0.5) is 0 Å². The van der Waals surface area contributed by atoms with Crippen LogP contribution in [0.2, 0.25) is 0 Å². The lowest BCUT2D eigenvalue weighted by atomic mass is 9.75. The molecule has 2 atom stereocenters. The Kier molecular flexibility index (Phi) is 5.80. The van der Waals surface area contributed by atoms with Crippen LogP contribution in [0.5, 0.6) is 0 Å². The highest BCUT2D eigenvalue weighted by Crippen LogP contribution is 2.59. The van der Waals surface area contributed by atoms with Crippen molar-refractivity contribution in [1.82, 2.24) is 4.31 Å². The molecular formula is C25H29NO4S2. The molecule has 1 fully saturated rings. The van der Waals surface area contributed by atoms with Gasteiger partial charge in [0.05, 0.1) is 10.9 Å². The normalized spacial score (nSPS) is 23.7. The molecule has 2 aliphatic rings. The zero-order valence-corrected chi connectivity index (χ0v) is 20.7. The van der Waals surface area contributed by atoms with E-state index in [0.29, 0.717) is 5.75 Å². The average Bonchev–Trinajstić information content (AvgIpc) is 3.25. The fraction of sp³-hybridized carbons (Fsp3) is 0.400. The van der Waals surface area contributed by atoms with E-state index >= 15 is 0 Å². The lowest BCUT2D eigenvalue weighted by Crippen LogP contribution is -2.45. The van der Waals surface area contributed by atoms with Crippen molar-refractivity contribution in [1.29, 1.82) is 0 Å². The van der Waals surface area contributed by atoms with Crippen LogP contribution in [0.15, 0.2) is 64.4 Å². The van der Waals surface area contributed by atoms with Crippen LogP contribution in [0, 0.1) is 19.3 Å². The molecule has 2 aromatic rings. The third kappa shape index (κ3) is 3.80. The summed E-state index contributed by atoms with van der Waals surface area (Å²) < 4.78 is 35.1. The Hall–Kier alpha value is -2.09. The van der Waals surface area contributed by atoms with Gasteiger partial charge in [0.1, 0.15) is 11.0 Å². The summed E-state index contributed by atoms with van der Waals surface area (Å²) in [6.07, 6.45) is 0. The summed E-state index contributed by atoms with van der Waals surface area (Å²) >= 11 is 1.55. The summed E-state index contributed by atoms with van der Waals surface area (Å²) in [5, 5.41) is 1.94. The maximum Gasteiger partial charge on any atom is 0.319 e. The molecule has 32 heavy (non-hydrogen) atoms. The molecule has 0 radical (unpaired) electrons. The maximum atomic E-state index is 13.9. The number of hydrogen-bond donors (Lipinski definition) is 0. The Morgan fingerprint density at radius 2 is 1.75 bits per heavy atom. The van der Waals surface area contributed by atoms with Gasteiger partial charge in [-0.15, -0.1) is 11.8 Å². The smallest absolute Gasteiger partial charge is 0.319 e. The number of esters is 1. The Morgan fingerprint density at radius 3 is 2.38 bits per heavy atom. The number of carbonyl (C=O) groups is 1. The van der Waals surface area contributed by atoms with E-state index in [1.807, 2.05) is 64.3 Å². The van der Waals surface area contributed by atoms with Crippen molar-refractivity contribution in [2.24, 2.45) is 5.41 Å². The SMILES string of the molecule is Cc1ccc(S(=O)(=O)N2CC3=CSC[C@@]3(C(=O)OC(C)(C)C)[C@H]2c2ccccc2C)cc1. The number of rotatable bonds is 4. The van der Waals surface area contributed by atoms with E-state index in [2.05, 4.69) is 0 Å². The molecule has 0 amide bonds. The molecule has 0 unspecified atom stereocenters. The molecule has 7 heteroatoms. The van der Waals surface area contributed by atoms with Crippen LogP contribution in [-0.4, -0.2) is 36.6 Å². The molecule has 2 aromatic carbocycles. The number of hydrogen-bond acceptors (Lipinski definition) is 5. The lowest BCUT2D eigenvalue weighted by Gasteiger charge is -2.37. The highest BCUT2D eigenvalue weighted by Gasteiger charge is 2.62. The van der Waals surface area contributed by atoms with Gasteiger partial charge in [-0.05, 0) is 68.9 Å². The van der Waals surface area contributed by atoms with E-state index in [0.717, 1.165) is 22.3 Å². The van der Waals surface area contributed by atoms with Gasteiger partial charge in [-0.2, -0.15) is 4.31 Å². The quantitative estimate of drug-likeness (QED) is 0.587. The number of aryl methyl sites for hydroxylation is 2. The first-order valence-electron chi connectivity index (χ1n) is 10.7. The number of benzene rings is 2. The molecule has 2 aliphatic heterocycles. The van der Waals surface area contributed by atoms with Gasteiger partial charge in [-0.1, -0.05) is 42.0 Å². The molecule has 1 saturated heterocycles. The monoisotopic (exact) mass is 471 g/mol. The number of fused-ring (bicyclic) bond motifs is 1. The minimum absolute atomic E-state index is 0.168. The minimum Gasteiger partial charge on any atom is -0.459 e. The molecule has 2 heterocycles. The van der Waals surface area contributed by atoms with Gasteiger partial charge in [0.2, 0.25) is 10.0 Å². The van der Waals surface area contributed by atoms with Gasteiger partial charge >= 0.3 is 5.97 Å². The summed E-state index contributed by atoms with van der Waals surface area (Å²) in [7, 11) is -3.85. The van der Waals surface area contributed by atoms with Crippen molar-refractivity contribution in [3.8, 4) is 0 Å². The van der Waals surface area contributed by atoms with Crippen molar-refractivity contribution in [3.63, 3.8) is 0 Å². The number of ether oxygens (including phenoxy) is 1. The lowest BCUT2D eigenvalue weighted by molar-refractivity contribution is -0.165. The predicted molar refractivity (Wildman–Crippen MR) is 128 cm³/mol. The van der Waals surface area contributed by atoms with Crippen molar-refractivity contribution in [2.75, 3.05) is 12.3 Å². The van der Waals surface area contributed by atoms with Crippen LogP contribution < -0.4 is 0 Å². The zero-order valence-electron chi connectivity index (χ0n) is 19.1. The van der Waals surface area contributed by atoms with Gasteiger partial charge in [-0.3, -0.25) is 4.79 Å². The highest BCUT2D eigenvalue weighted by molar-refractivity contribution is 8.02. The van der Waals surface area contributed by atoms with Gasteiger partial charge in [-0.25, -0.2) is 8.42 Å². The molecule has 0 bridgehead atoms. The van der Waals surface area contributed by atoms with Gasteiger partial charge in [0, 0.05) is 12.3 Å². The molecule has 0 saturated carbocycles. The van der Waals surface area contributed by atoms with Crippen LogP contribution in [-0.2, 0) is 19.6 Å². The van der Waals surface area contributed by atoms with Crippen LogP contribution >= 0.6 is 11.8 Å². The Labute approximate surface area is 194 Å². The first kappa shape index (κ1) is 23.1. The third-order valence-electron chi connectivity index (χ3n) is 6.06. The Balaban J connectivity index is 1.91. The molecule has 5 nitrogen and oxygen atoms in total. The van der Waals surface area contributed by atoms with Crippen LogP contribution in [0.3, 0.4) is 0 Å². The van der Waals surface area contributed by atoms with Crippen molar-refractivity contribution in [3.05, 3.63) is 76.2 Å². The molecule has 0 aliphatic carbocycles. The minimum atomic E-state index is -3.85. The standard InChI is InChI=1S/C25H29NO4S2/c1-17-10-12-20(13-11-17)32(28,29)26-14-19-15-31-16-25(19,23(27)30-24(3,4)5)22(26)21-9-7-6-8-18(21)2/h6-13,15,22H,14,16H2,1-5H3/t22-,25+/m1/s1. The number of sulfonamides is 1. The van der Waals surface area contributed by atoms with Crippen LogP contribution in [0.25, 0.3) is 0 Å². The van der Waals surface area contributed by atoms with E-state index in [1.54, 1.807) is 36.0 Å². The fourth-order valence-electron chi connectivity index (χ4n) is 4.46. The van der Waals surface area contributed by atoms with Gasteiger partial charge in [0.25, 0.3) is 0 Å². The van der Waals surface area contributed by atoms with E-state index in [4.69, 9.17) is 4.74 Å². The number of thioether (sulfide) groups is 1. The van der Waals surface area contributed by atoms with Crippen LogP contribution in [0.1, 0.15) is 43.5 Å². The summed E-state index contributed by atoms with van der Waals surface area (Å²) in [4.78, 5) is 13.9. The van der Waals surface area contributed by atoms with E-state index < -0.39 is 27.1 Å². The first-order valence-corrected chi connectivity index (χ1v) is 13.1. The summed E-state index contributed by atoms with van der Waals surface area (Å²) in [5.41, 5.74) is 1.84. The van der Waals surface area contributed by atoms with E-state index in [1.165, 1.54) is 4.31 Å². The summed E-state index contributed by atoms with van der Waals surface area (Å²) in [6.45, 7) is 9.56. The van der Waals surface area contributed by atoms with E-state index in [9.17, 15) is 13.2 Å². The average molecular weight is 472 g/mol. The van der Waals surface area contributed by atoms with Gasteiger partial charge in [0.15, 0.2) is 0 Å². The molecule has 0 aromatic heterocycles. The molecule has 0 spiro atoms. The Morgan fingerprint density at radius 1 is 1.09 bits per heavy atom.